The number of hydrogen-bond donors (Lipinski definition) is 1. The standard InChI is InChI=1S/C25H27N5O3/c31-24(30-15-13-29(14-16-30)23-18-26-11-12-27-23)22(17-20-7-3-1-4-8-20)28-25(32)33-19-21-9-5-2-6-10-21/h1-12,18,22H,13-17,19H2,(H,28,32)/t22-/m0/s1. The molecular formula is C25H27N5O3. The van der Waals surface area contributed by atoms with Gasteiger partial charge in [-0.25, -0.2) is 9.78 Å². The quantitative estimate of drug-likeness (QED) is 0.602. The number of aromatic nitrogens is 2. The Balaban J connectivity index is 1.38. The van der Waals surface area contributed by atoms with Gasteiger partial charge in [-0.1, -0.05) is 60.7 Å². The topological polar surface area (TPSA) is 87.7 Å². The van der Waals surface area contributed by atoms with Crippen LogP contribution in [0.5, 0.6) is 0 Å². The van der Waals surface area contributed by atoms with Crippen LogP contribution in [0.25, 0.3) is 0 Å². The third-order valence-corrected chi connectivity index (χ3v) is 5.55. The van der Waals surface area contributed by atoms with E-state index in [1.165, 1.54) is 0 Å². The van der Waals surface area contributed by atoms with E-state index >= 15 is 0 Å². The molecule has 1 fully saturated rings. The fourth-order valence-electron chi connectivity index (χ4n) is 3.79. The van der Waals surface area contributed by atoms with Crippen molar-refractivity contribution in [3.05, 3.63) is 90.4 Å². The van der Waals surface area contributed by atoms with Gasteiger partial charge in [-0.3, -0.25) is 9.78 Å². The highest BCUT2D eigenvalue weighted by atomic mass is 16.5. The van der Waals surface area contributed by atoms with E-state index in [2.05, 4.69) is 20.2 Å². The summed E-state index contributed by atoms with van der Waals surface area (Å²) in [5, 5.41) is 2.79. The van der Waals surface area contributed by atoms with Crippen LogP contribution in [0, 0.1) is 0 Å². The molecule has 1 N–H and O–H groups in total. The van der Waals surface area contributed by atoms with E-state index in [9.17, 15) is 9.59 Å². The number of alkyl carbamates (subject to hydrolysis) is 1. The molecule has 3 aromatic rings. The number of ether oxygens (including phenoxy) is 1. The Morgan fingerprint density at radius 1 is 0.909 bits per heavy atom. The minimum Gasteiger partial charge on any atom is -0.445 e. The molecule has 1 aliphatic heterocycles. The second-order valence-electron chi connectivity index (χ2n) is 7.82. The van der Waals surface area contributed by atoms with Crippen LogP contribution in [0.4, 0.5) is 10.6 Å². The van der Waals surface area contributed by atoms with E-state index in [4.69, 9.17) is 4.74 Å². The predicted octanol–water partition coefficient (Wildman–Crippen LogP) is 2.66. The van der Waals surface area contributed by atoms with E-state index in [1.807, 2.05) is 60.7 Å². The van der Waals surface area contributed by atoms with Crippen LogP contribution in [-0.4, -0.2) is 59.1 Å². The zero-order valence-corrected chi connectivity index (χ0v) is 18.3. The van der Waals surface area contributed by atoms with Gasteiger partial charge >= 0.3 is 6.09 Å². The summed E-state index contributed by atoms with van der Waals surface area (Å²) in [4.78, 5) is 38.2. The molecule has 0 bridgehead atoms. The summed E-state index contributed by atoms with van der Waals surface area (Å²) in [6.07, 6.45) is 4.81. The second-order valence-corrected chi connectivity index (χ2v) is 7.82. The van der Waals surface area contributed by atoms with E-state index in [0.29, 0.717) is 32.6 Å². The molecule has 2 aromatic carbocycles. The molecular weight excluding hydrogens is 418 g/mol. The van der Waals surface area contributed by atoms with Crippen LogP contribution in [0.15, 0.2) is 79.3 Å². The summed E-state index contributed by atoms with van der Waals surface area (Å²) in [5.74, 6) is 0.683. The van der Waals surface area contributed by atoms with Gasteiger partial charge < -0.3 is 19.9 Å². The van der Waals surface area contributed by atoms with Crippen molar-refractivity contribution >= 4 is 17.8 Å². The predicted molar refractivity (Wildman–Crippen MR) is 125 cm³/mol. The minimum absolute atomic E-state index is 0.116. The van der Waals surface area contributed by atoms with Crippen molar-refractivity contribution in [2.45, 2.75) is 19.1 Å². The smallest absolute Gasteiger partial charge is 0.408 e. The molecule has 0 spiro atoms. The Morgan fingerprint density at radius 3 is 2.21 bits per heavy atom. The van der Waals surface area contributed by atoms with Crippen LogP contribution in [0.3, 0.4) is 0 Å². The first kappa shape index (κ1) is 22.3. The highest BCUT2D eigenvalue weighted by Gasteiger charge is 2.29. The molecule has 2 amide bonds. The maximum absolute atomic E-state index is 13.4. The Hall–Kier alpha value is -3.94. The lowest BCUT2D eigenvalue weighted by Crippen LogP contribution is -2.55. The SMILES string of the molecule is O=C(N[C@@H](Cc1ccccc1)C(=O)N1CCN(c2cnccn2)CC1)OCc1ccccc1. The number of hydrogen-bond acceptors (Lipinski definition) is 6. The van der Waals surface area contributed by atoms with Gasteiger partial charge in [0, 0.05) is 45.0 Å². The van der Waals surface area contributed by atoms with Crippen LogP contribution >= 0.6 is 0 Å². The molecule has 8 nitrogen and oxygen atoms in total. The van der Waals surface area contributed by atoms with Crippen molar-refractivity contribution in [2.75, 3.05) is 31.1 Å². The molecule has 1 saturated heterocycles. The maximum Gasteiger partial charge on any atom is 0.408 e. The summed E-state index contributed by atoms with van der Waals surface area (Å²) >= 11 is 0. The van der Waals surface area contributed by atoms with Crippen molar-refractivity contribution in [3.63, 3.8) is 0 Å². The van der Waals surface area contributed by atoms with Crippen molar-refractivity contribution in [1.29, 1.82) is 0 Å². The highest BCUT2D eigenvalue weighted by molar-refractivity contribution is 5.86. The molecule has 4 rings (SSSR count). The molecule has 0 unspecified atom stereocenters. The van der Waals surface area contributed by atoms with E-state index in [0.717, 1.165) is 16.9 Å². The van der Waals surface area contributed by atoms with Gasteiger partial charge in [0.15, 0.2) is 0 Å². The summed E-state index contributed by atoms with van der Waals surface area (Å²) in [6.45, 7) is 2.54. The number of benzene rings is 2. The number of rotatable bonds is 7. The summed E-state index contributed by atoms with van der Waals surface area (Å²) in [6, 6.07) is 18.4. The fourth-order valence-corrected chi connectivity index (χ4v) is 3.79. The Morgan fingerprint density at radius 2 is 1.58 bits per heavy atom. The van der Waals surface area contributed by atoms with Gasteiger partial charge in [0.2, 0.25) is 5.91 Å². The molecule has 33 heavy (non-hydrogen) atoms. The van der Waals surface area contributed by atoms with E-state index < -0.39 is 12.1 Å². The first-order valence-corrected chi connectivity index (χ1v) is 11.0. The van der Waals surface area contributed by atoms with Gasteiger partial charge in [-0.05, 0) is 11.1 Å². The summed E-state index contributed by atoms with van der Waals surface area (Å²) < 4.78 is 5.36. The molecule has 2 heterocycles. The number of nitrogens with zero attached hydrogens (tertiary/aromatic N) is 4. The van der Waals surface area contributed by atoms with Crippen molar-refractivity contribution in [3.8, 4) is 0 Å². The number of carbonyl (C=O) groups excluding carboxylic acids is 2. The van der Waals surface area contributed by atoms with Gasteiger partial charge in [-0.15, -0.1) is 0 Å². The monoisotopic (exact) mass is 445 g/mol. The number of carbonyl (C=O) groups is 2. The lowest BCUT2D eigenvalue weighted by Gasteiger charge is -2.36. The zero-order chi connectivity index (χ0) is 22.9. The lowest BCUT2D eigenvalue weighted by atomic mass is 10.0. The minimum atomic E-state index is -0.709. The molecule has 8 heteroatoms. The summed E-state index contributed by atoms with van der Waals surface area (Å²) in [7, 11) is 0. The van der Waals surface area contributed by atoms with Crippen LogP contribution in [0.1, 0.15) is 11.1 Å². The average Bonchev–Trinajstić information content (AvgIpc) is 2.88. The maximum atomic E-state index is 13.4. The molecule has 170 valence electrons. The molecule has 0 radical (unpaired) electrons. The lowest BCUT2D eigenvalue weighted by molar-refractivity contribution is -0.133. The van der Waals surface area contributed by atoms with Gasteiger partial charge in [0.05, 0.1) is 6.20 Å². The fraction of sp³-hybridized carbons (Fsp3) is 0.280. The second kappa shape index (κ2) is 11.1. The van der Waals surface area contributed by atoms with Gasteiger partial charge in [0.25, 0.3) is 0 Å². The molecule has 1 atom stereocenters. The van der Waals surface area contributed by atoms with Crippen LogP contribution in [-0.2, 0) is 22.6 Å². The van der Waals surface area contributed by atoms with E-state index in [1.54, 1.807) is 23.5 Å². The average molecular weight is 446 g/mol. The summed E-state index contributed by atoms with van der Waals surface area (Å²) in [5.41, 5.74) is 1.86. The Bertz CT molecular complexity index is 1030. The first-order valence-electron chi connectivity index (χ1n) is 11.0. The number of nitrogens with one attached hydrogen (secondary N) is 1. The van der Waals surface area contributed by atoms with Crippen molar-refractivity contribution in [2.24, 2.45) is 0 Å². The molecule has 0 saturated carbocycles. The Labute approximate surface area is 193 Å². The largest absolute Gasteiger partial charge is 0.445 e. The van der Waals surface area contributed by atoms with Gasteiger partial charge in [0.1, 0.15) is 18.5 Å². The van der Waals surface area contributed by atoms with Crippen molar-refractivity contribution < 1.29 is 14.3 Å². The first-order chi connectivity index (χ1) is 16.2. The van der Waals surface area contributed by atoms with E-state index in [-0.39, 0.29) is 12.5 Å². The van der Waals surface area contributed by atoms with Crippen LogP contribution in [0.2, 0.25) is 0 Å². The van der Waals surface area contributed by atoms with Gasteiger partial charge in [-0.2, -0.15) is 0 Å². The zero-order valence-electron chi connectivity index (χ0n) is 18.3. The third-order valence-electron chi connectivity index (χ3n) is 5.55. The van der Waals surface area contributed by atoms with Crippen molar-refractivity contribution in [1.82, 2.24) is 20.2 Å². The normalized spacial score (nSPS) is 14.4. The Kier molecular flexibility index (Phi) is 7.48. The number of piperazine rings is 1. The molecule has 1 aromatic heterocycles. The number of amides is 2. The number of anilines is 1. The molecule has 0 aliphatic carbocycles. The highest BCUT2D eigenvalue weighted by Crippen LogP contribution is 2.14. The third kappa shape index (κ3) is 6.29. The van der Waals surface area contributed by atoms with Crippen LogP contribution < -0.4 is 10.2 Å². The molecule has 1 aliphatic rings.